The molecule has 0 aliphatic heterocycles. The van der Waals surface area contributed by atoms with E-state index in [-0.39, 0.29) is 5.56 Å². The van der Waals surface area contributed by atoms with Gasteiger partial charge in [0.15, 0.2) is 5.65 Å². The number of H-pyrrole nitrogens is 1. The highest BCUT2D eigenvalue weighted by molar-refractivity contribution is 6.30. The number of benzene rings is 1. The Morgan fingerprint density at radius 1 is 1.12 bits per heavy atom. The van der Waals surface area contributed by atoms with Crippen LogP contribution in [0.2, 0.25) is 5.02 Å². The van der Waals surface area contributed by atoms with E-state index in [2.05, 4.69) is 20.3 Å². The highest BCUT2D eigenvalue weighted by atomic mass is 35.5. The zero-order valence-electron chi connectivity index (χ0n) is 13.1. The normalized spacial score (nSPS) is 15.0. The van der Waals surface area contributed by atoms with Gasteiger partial charge >= 0.3 is 0 Å². The zero-order chi connectivity index (χ0) is 16.5. The molecule has 0 spiro atoms. The fourth-order valence-electron chi connectivity index (χ4n) is 3.27. The van der Waals surface area contributed by atoms with Crippen molar-refractivity contribution >= 4 is 28.6 Å². The molecule has 5 nitrogen and oxygen atoms in total. The van der Waals surface area contributed by atoms with Crippen LogP contribution < -0.4 is 10.9 Å². The highest BCUT2D eigenvalue weighted by Gasteiger charge is 2.17. The van der Waals surface area contributed by atoms with Crippen molar-refractivity contribution in [3.05, 3.63) is 51.9 Å². The molecule has 0 bridgehead atoms. The smallest absolute Gasteiger partial charge is 0.262 e. The maximum atomic E-state index is 12.6. The number of anilines is 1. The first-order valence-corrected chi connectivity index (χ1v) is 8.50. The molecule has 24 heavy (non-hydrogen) atoms. The van der Waals surface area contributed by atoms with E-state index in [1.54, 1.807) is 18.3 Å². The van der Waals surface area contributed by atoms with Crippen LogP contribution in [0, 0.1) is 0 Å². The molecule has 2 N–H and O–H groups in total. The lowest BCUT2D eigenvalue weighted by molar-refractivity contribution is 0.744. The van der Waals surface area contributed by atoms with E-state index >= 15 is 0 Å². The van der Waals surface area contributed by atoms with Gasteiger partial charge in [-0.3, -0.25) is 9.78 Å². The minimum absolute atomic E-state index is 0.182. The second kappa shape index (κ2) is 6.24. The first kappa shape index (κ1) is 15.1. The van der Waals surface area contributed by atoms with Crippen LogP contribution in [0.25, 0.3) is 22.2 Å². The summed E-state index contributed by atoms with van der Waals surface area (Å²) in [5.41, 5.74) is 1.98. The molecule has 122 valence electrons. The van der Waals surface area contributed by atoms with E-state index in [1.165, 1.54) is 12.8 Å². The van der Waals surface area contributed by atoms with Gasteiger partial charge in [0.25, 0.3) is 5.56 Å². The quantitative estimate of drug-likeness (QED) is 0.756. The van der Waals surface area contributed by atoms with Gasteiger partial charge in [-0.25, -0.2) is 4.98 Å². The Morgan fingerprint density at radius 3 is 2.62 bits per heavy atom. The maximum Gasteiger partial charge on any atom is 0.262 e. The second-order valence-corrected chi connectivity index (χ2v) is 6.54. The Balaban J connectivity index is 1.79. The number of hydrogen-bond donors (Lipinski definition) is 2. The number of nitrogens with zero attached hydrogens (tertiary/aromatic N) is 2. The summed E-state index contributed by atoms with van der Waals surface area (Å²) >= 11 is 5.95. The van der Waals surface area contributed by atoms with Crippen LogP contribution in [0.4, 0.5) is 5.95 Å². The topological polar surface area (TPSA) is 70.7 Å². The monoisotopic (exact) mass is 340 g/mol. The van der Waals surface area contributed by atoms with Crippen LogP contribution in [-0.2, 0) is 0 Å². The van der Waals surface area contributed by atoms with Crippen molar-refractivity contribution in [3.8, 4) is 11.1 Å². The molecule has 4 rings (SSSR count). The lowest BCUT2D eigenvalue weighted by Crippen LogP contribution is -2.20. The second-order valence-electron chi connectivity index (χ2n) is 6.10. The number of pyridine rings is 1. The molecule has 1 fully saturated rings. The van der Waals surface area contributed by atoms with Crippen LogP contribution in [0.5, 0.6) is 0 Å². The van der Waals surface area contributed by atoms with E-state index in [0.29, 0.717) is 28.0 Å². The highest BCUT2D eigenvalue weighted by Crippen LogP contribution is 2.26. The Bertz CT molecular complexity index is 930. The number of nitrogens with one attached hydrogen (secondary N) is 2. The third-order valence-electron chi connectivity index (χ3n) is 4.46. The first-order valence-electron chi connectivity index (χ1n) is 8.12. The summed E-state index contributed by atoms with van der Waals surface area (Å²) in [6, 6.07) is 9.60. The summed E-state index contributed by atoms with van der Waals surface area (Å²) in [5.74, 6) is 0.500. The molecule has 1 aliphatic rings. The van der Waals surface area contributed by atoms with Gasteiger partial charge in [-0.2, -0.15) is 4.98 Å². The molecule has 0 atom stereocenters. The molecule has 2 aromatic heterocycles. The molecule has 3 aromatic rings. The molecule has 6 heteroatoms. The summed E-state index contributed by atoms with van der Waals surface area (Å²) in [4.78, 5) is 24.3. The summed E-state index contributed by atoms with van der Waals surface area (Å²) in [6.45, 7) is 0. The van der Waals surface area contributed by atoms with Crippen molar-refractivity contribution in [1.29, 1.82) is 0 Å². The Kier molecular flexibility index (Phi) is 3.94. The maximum absolute atomic E-state index is 12.6. The number of fused-ring (bicyclic) bond motifs is 1. The van der Waals surface area contributed by atoms with Crippen LogP contribution >= 0.6 is 11.6 Å². The minimum Gasteiger partial charge on any atom is -0.353 e. The lowest BCUT2D eigenvalue weighted by atomic mass is 10.0. The number of aromatic nitrogens is 3. The van der Waals surface area contributed by atoms with Crippen molar-refractivity contribution in [2.45, 2.75) is 31.7 Å². The van der Waals surface area contributed by atoms with Gasteiger partial charge in [0.1, 0.15) is 0 Å². The van der Waals surface area contributed by atoms with Crippen molar-refractivity contribution in [2.75, 3.05) is 5.32 Å². The minimum atomic E-state index is -0.182. The predicted molar refractivity (Wildman–Crippen MR) is 96.5 cm³/mol. The molecule has 0 unspecified atom stereocenters. The standard InChI is InChI=1S/C18H17ClN4O/c19-12-7-5-11(6-8-12)14-9-10-20-16-15(14)17(24)23-18(22-16)21-13-3-1-2-4-13/h5-10,13H,1-4H2,(H2,20,21,22,23,24). The van der Waals surface area contributed by atoms with E-state index in [1.807, 2.05) is 18.2 Å². The zero-order valence-corrected chi connectivity index (χ0v) is 13.8. The Labute approximate surface area is 144 Å². The van der Waals surface area contributed by atoms with Crippen LogP contribution in [0.3, 0.4) is 0 Å². The van der Waals surface area contributed by atoms with E-state index in [0.717, 1.165) is 24.0 Å². The number of halogens is 1. The summed E-state index contributed by atoms with van der Waals surface area (Å²) in [6.07, 6.45) is 6.33. The molecule has 2 heterocycles. The van der Waals surface area contributed by atoms with Crippen molar-refractivity contribution in [3.63, 3.8) is 0 Å². The van der Waals surface area contributed by atoms with Gasteiger partial charge in [-0.05, 0) is 42.2 Å². The van der Waals surface area contributed by atoms with E-state index < -0.39 is 0 Å². The summed E-state index contributed by atoms with van der Waals surface area (Å²) in [5, 5.41) is 4.47. The predicted octanol–water partition coefficient (Wildman–Crippen LogP) is 3.99. The van der Waals surface area contributed by atoms with Gasteiger partial charge in [0.2, 0.25) is 5.95 Å². The molecule has 0 amide bonds. The van der Waals surface area contributed by atoms with E-state index in [9.17, 15) is 4.79 Å². The third kappa shape index (κ3) is 2.87. The number of aromatic amines is 1. The molecule has 1 aliphatic carbocycles. The van der Waals surface area contributed by atoms with Crippen LogP contribution in [0.15, 0.2) is 41.3 Å². The van der Waals surface area contributed by atoms with Gasteiger partial charge in [0.05, 0.1) is 5.39 Å². The van der Waals surface area contributed by atoms with E-state index in [4.69, 9.17) is 11.6 Å². The van der Waals surface area contributed by atoms with Gasteiger partial charge < -0.3 is 5.32 Å². The van der Waals surface area contributed by atoms with Crippen molar-refractivity contribution < 1.29 is 0 Å². The molecular weight excluding hydrogens is 324 g/mol. The first-order chi connectivity index (χ1) is 11.7. The third-order valence-corrected chi connectivity index (χ3v) is 4.71. The molecule has 0 saturated heterocycles. The number of rotatable bonds is 3. The average Bonchev–Trinajstić information content (AvgIpc) is 3.08. The summed E-state index contributed by atoms with van der Waals surface area (Å²) < 4.78 is 0. The fraction of sp³-hybridized carbons (Fsp3) is 0.278. The summed E-state index contributed by atoms with van der Waals surface area (Å²) in [7, 11) is 0. The lowest BCUT2D eigenvalue weighted by Gasteiger charge is -2.13. The largest absolute Gasteiger partial charge is 0.353 e. The van der Waals surface area contributed by atoms with Gasteiger partial charge in [-0.15, -0.1) is 0 Å². The Hall–Kier alpha value is -2.40. The Morgan fingerprint density at radius 2 is 1.88 bits per heavy atom. The van der Waals surface area contributed by atoms with Crippen molar-refractivity contribution in [1.82, 2.24) is 15.0 Å². The SMILES string of the molecule is O=c1[nH]c(NC2CCCC2)nc2nccc(-c3ccc(Cl)cc3)c12. The average molecular weight is 341 g/mol. The molecular formula is C18H17ClN4O. The van der Waals surface area contributed by atoms with Crippen LogP contribution in [-0.4, -0.2) is 21.0 Å². The number of hydrogen-bond acceptors (Lipinski definition) is 4. The van der Waals surface area contributed by atoms with Crippen LogP contribution in [0.1, 0.15) is 25.7 Å². The fourth-order valence-corrected chi connectivity index (χ4v) is 3.39. The molecule has 1 saturated carbocycles. The molecule has 1 aromatic carbocycles. The van der Waals surface area contributed by atoms with Crippen molar-refractivity contribution in [2.24, 2.45) is 0 Å². The van der Waals surface area contributed by atoms with Gasteiger partial charge in [-0.1, -0.05) is 36.6 Å². The molecule has 0 radical (unpaired) electrons. The van der Waals surface area contributed by atoms with Gasteiger partial charge in [0, 0.05) is 17.3 Å².